The topological polar surface area (TPSA) is 38.3 Å². The second-order valence-electron chi connectivity index (χ2n) is 8.89. The van der Waals surface area contributed by atoms with Crippen molar-refractivity contribution >= 4 is 29.1 Å². The lowest BCUT2D eigenvalue weighted by molar-refractivity contribution is -0.121. The molecule has 5 heteroatoms. The number of rotatable bonds is 10. The minimum Gasteiger partial charge on any atom is -0.488 e. The van der Waals surface area contributed by atoms with E-state index in [1.165, 1.54) is 16.7 Å². The van der Waals surface area contributed by atoms with Crippen LogP contribution in [0.15, 0.2) is 36.4 Å². The molecule has 1 amide bonds. The maximum atomic E-state index is 11.8. The van der Waals surface area contributed by atoms with E-state index in [9.17, 15) is 4.79 Å². The molecule has 2 aromatic carbocycles. The Balaban J connectivity index is 1.33. The van der Waals surface area contributed by atoms with E-state index in [-0.39, 0.29) is 12.0 Å². The SMILES string of the molecule is CCCC(=O)NC[C@@H]1C[C@H]1c1c(Cl)cc(Cl)c2c1C[C@@H](CCCCc1ccccc1)O2. The Morgan fingerprint density at radius 3 is 2.74 bits per heavy atom. The highest BCUT2D eigenvalue weighted by atomic mass is 35.5. The van der Waals surface area contributed by atoms with Crippen molar-refractivity contribution in [3.05, 3.63) is 63.1 Å². The number of unbranched alkanes of at least 4 members (excludes halogenated alkanes) is 1. The maximum absolute atomic E-state index is 11.8. The number of carbonyl (C=O) groups excluding carboxylic acids is 1. The van der Waals surface area contributed by atoms with E-state index in [2.05, 4.69) is 35.6 Å². The summed E-state index contributed by atoms with van der Waals surface area (Å²) in [4.78, 5) is 11.8. The zero-order chi connectivity index (χ0) is 21.8. The Hall–Kier alpha value is -1.71. The summed E-state index contributed by atoms with van der Waals surface area (Å²) >= 11 is 13.1. The summed E-state index contributed by atoms with van der Waals surface area (Å²) in [7, 11) is 0. The summed E-state index contributed by atoms with van der Waals surface area (Å²) in [6.45, 7) is 2.75. The van der Waals surface area contributed by atoms with Gasteiger partial charge in [-0.15, -0.1) is 0 Å². The van der Waals surface area contributed by atoms with Crippen molar-refractivity contribution in [1.82, 2.24) is 5.32 Å². The van der Waals surface area contributed by atoms with Crippen LogP contribution in [0.5, 0.6) is 5.75 Å². The third-order valence-electron chi connectivity index (χ3n) is 6.46. The van der Waals surface area contributed by atoms with Gasteiger partial charge in [-0.1, -0.05) is 60.5 Å². The van der Waals surface area contributed by atoms with Gasteiger partial charge in [-0.3, -0.25) is 4.79 Å². The molecule has 0 aromatic heterocycles. The molecular formula is C26H31Cl2NO2. The number of halogens is 2. The molecule has 2 aromatic rings. The number of hydrogen-bond acceptors (Lipinski definition) is 2. The van der Waals surface area contributed by atoms with Gasteiger partial charge in [0.25, 0.3) is 0 Å². The van der Waals surface area contributed by atoms with E-state index in [0.717, 1.165) is 62.3 Å². The summed E-state index contributed by atoms with van der Waals surface area (Å²) in [5, 5.41) is 4.42. The van der Waals surface area contributed by atoms with Gasteiger partial charge in [0, 0.05) is 30.0 Å². The summed E-state index contributed by atoms with van der Waals surface area (Å²) in [6.07, 6.45) is 7.98. The first-order valence-corrected chi connectivity index (χ1v) is 12.3. The number of nitrogens with one attached hydrogen (secondary N) is 1. The van der Waals surface area contributed by atoms with Gasteiger partial charge >= 0.3 is 0 Å². The van der Waals surface area contributed by atoms with Crippen LogP contribution in [0.2, 0.25) is 10.0 Å². The van der Waals surface area contributed by atoms with E-state index in [1.807, 2.05) is 13.0 Å². The van der Waals surface area contributed by atoms with Gasteiger partial charge in [0.1, 0.15) is 11.9 Å². The van der Waals surface area contributed by atoms with Gasteiger partial charge in [0.05, 0.1) is 5.02 Å². The molecule has 0 radical (unpaired) electrons. The highest BCUT2D eigenvalue weighted by Crippen LogP contribution is 2.54. The Morgan fingerprint density at radius 2 is 1.97 bits per heavy atom. The predicted octanol–water partition coefficient (Wildman–Crippen LogP) is 6.73. The van der Waals surface area contributed by atoms with Gasteiger partial charge in [-0.25, -0.2) is 0 Å². The van der Waals surface area contributed by atoms with Crippen molar-refractivity contribution in [3.8, 4) is 5.75 Å². The molecule has 3 nitrogen and oxygen atoms in total. The highest BCUT2D eigenvalue weighted by molar-refractivity contribution is 6.36. The second-order valence-corrected chi connectivity index (χ2v) is 9.71. The number of aryl methyl sites for hydroxylation is 1. The average Bonchev–Trinajstić information content (AvgIpc) is 3.38. The molecule has 3 atom stereocenters. The van der Waals surface area contributed by atoms with E-state index >= 15 is 0 Å². The van der Waals surface area contributed by atoms with Gasteiger partial charge in [-0.2, -0.15) is 0 Å². The fourth-order valence-corrected chi connectivity index (χ4v) is 5.41. The lowest BCUT2D eigenvalue weighted by atomic mass is 9.96. The molecular weight excluding hydrogens is 429 g/mol. The molecule has 4 rings (SSSR count). The normalized spacial score (nSPS) is 21.5. The monoisotopic (exact) mass is 459 g/mol. The van der Waals surface area contributed by atoms with Crippen LogP contribution in [0, 0.1) is 5.92 Å². The molecule has 1 heterocycles. The fourth-order valence-electron chi connectivity index (χ4n) is 4.73. The van der Waals surface area contributed by atoms with Crippen LogP contribution in [0.1, 0.15) is 68.1 Å². The Bertz CT molecular complexity index is 915. The largest absolute Gasteiger partial charge is 0.488 e. The van der Waals surface area contributed by atoms with Crippen molar-refractivity contribution in [3.63, 3.8) is 0 Å². The number of fused-ring (bicyclic) bond motifs is 1. The van der Waals surface area contributed by atoms with Crippen LogP contribution < -0.4 is 10.1 Å². The van der Waals surface area contributed by atoms with Gasteiger partial charge in [0.2, 0.25) is 5.91 Å². The van der Waals surface area contributed by atoms with Gasteiger partial charge in [0.15, 0.2) is 0 Å². The molecule has 0 bridgehead atoms. The lowest BCUT2D eigenvalue weighted by Crippen LogP contribution is -2.25. The molecule has 31 heavy (non-hydrogen) atoms. The van der Waals surface area contributed by atoms with Crippen LogP contribution >= 0.6 is 23.2 Å². The molecule has 1 saturated carbocycles. The quantitative estimate of drug-likeness (QED) is 0.399. The van der Waals surface area contributed by atoms with Crippen molar-refractivity contribution in [2.24, 2.45) is 5.92 Å². The summed E-state index contributed by atoms with van der Waals surface area (Å²) < 4.78 is 6.27. The first-order valence-electron chi connectivity index (χ1n) is 11.5. The smallest absolute Gasteiger partial charge is 0.219 e. The Labute approximate surface area is 195 Å². The summed E-state index contributed by atoms with van der Waals surface area (Å²) in [6, 6.07) is 12.5. The van der Waals surface area contributed by atoms with Crippen LogP contribution in [0.4, 0.5) is 0 Å². The molecule has 1 aliphatic carbocycles. The van der Waals surface area contributed by atoms with Crippen molar-refractivity contribution in [2.75, 3.05) is 6.54 Å². The average molecular weight is 460 g/mol. The van der Waals surface area contributed by atoms with E-state index in [1.54, 1.807) is 0 Å². The van der Waals surface area contributed by atoms with Gasteiger partial charge < -0.3 is 10.1 Å². The number of benzene rings is 2. The van der Waals surface area contributed by atoms with Crippen LogP contribution in [0.3, 0.4) is 0 Å². The Morgan fingerprint density at radius 1 is 1.16 bits per heavy atom. The fraction of sp³-hybridized carbons (Fsp3) is 0.500. The third kappa shape index (κ3) is 5.56. The van der Waals surface area contributed by atoms with Crippen LogP contribution in [-0.4, -0.2) is 18.6 Å². The molecule has 166 valence electrons. The zero-order valence-corrected chi connectivity index (χ0v) is 19.6. The molecule has 0 saturated heterocycles. The standard InChI is InChI=1S/C26H31Cl2NO2/c1-2-8-24(30)29-16-18-13-20(18)25-21-14-19(31-26(21)23(28)15-22(25)27)12-7-6-11-17-9-4-3-5-10-17/h3-5,9-10,15,18-20H,2,6-8,11-14,16H2,1H3,(H,29,30)/t18-,19+,20+/m0/s1. The molecule has 0 spiro atoms. The first kappa shape index (κ1) is 22.5. The predicted molar refractivity (Wildman–Crippen MR) is 127 cm³/mol. The number of hydrogen-bond donors (Lipinski definition) is 1. The lowest BCUT2D eigenvalue weighted by Gasteiger charge is -2.12. The zero-order valence-electron chi connectivity index (χ0n) is 18.1. The van der Waals surface area contributed by atoms with E-state index < -0.39 is 0 Å². The van der Waals surface area contributed by atoms with Gasteiger partial charge in [-0.05, 0) is 67.6 Å². The van der Waals surface area contributed by atoms with Crippen molar-refractivity contribution < 1.29 is 9.53 Å². The second kappa shape index (κ2) is 10.3. The number of amides is 1. The third-order valence-corrected chi connectivity index (χ3v) is 7.05. The summed E-state index contributed by atoms with van der Waals surface area (Å²) in [5.41, 5.74) is 3.78. The molecule has 1 N–H and O–H groups in total. The number of ether oxygens (including phenoxy) is 1. The minimum absolute atomic E-state index is 0.138. The summed E-state index contributed by atoms with van der Waals surface area (Å²) in [5.74, 6) is 1.81. The van der Waals surface area contributed by atoms with Crippen molar-refractivity contribution in [1.29, 1.82) is 0 Å². The Kier molecular flexibility index (Phi) is 7.45. The minimum atomic E-state index is 0.138. The molecule has 2 aliphatic rings. The highest BCUT2D eigenvalue weighted by Gasteiger charge is 2.43. The first-order chi connectivity index (χ1) is 15.1. The van der Waals surface area contributed by atoms with E-state index in [4.69, 9.17) is 27.9 Å². The number of carbonyl (C=O) groups is 1. The molecule has 0 unspecified atom stereocenters. The van der Waals surface area contributed by atoms with Crippen molar-refractivity contribution in [2.45, 2.75) is 70.3 Å². The molecule has 1 aliphatic heterocycles. The van der Waals surface area contributed by atoms with E-state index in [0.29, 0.717) is 23.3 Å². The molecule has 1 fully saturated rings. The van der Waals surface area contributed by atoms with Crippen LogP contribution in [-0.2, 0) is 17.6 Å². The maximum Gasteiger partial charge on any atom is 0.219 e. The van der Waals surface area contributed by atoms with Crippen LogP contribution in [0.25, 0.3) is 0 Å².